The molecule has 0 amide bonds. The van der Waals surface area contributed by atoms with Gasteiger partial charge >= 0.3 is 0 Å². The average molecular weight is 98.0 g/mol. The van der Waals surface area contributed by atoms with Crippen LogP contribution in [-0.2, 0) is 4.79 Å². The molecule has 0 aliphatic rings. The molecule has 0 aromatic carbocycles. The average Bonchev–Trinajstić information content (AvgIpc) is 1.68. The Morgan fingerprint density at radius 3 is 2.57 bits per heavy atom. The monoisotopic (exact) mass is 98.1 g/mol. The maximum absolute atomic E-state index is 9.77. The number of aldehydes is 1. The summed E-state index contributed by atoms with van der Waals surface area (Å²) >= 11 is 0. The molecule has 0 aliphatic carbocycles. The van der Waals surface area contributed by atoms with Crippen LogP contribution in [0, 0.1) is 5.92 Å². The van der Waals surface area contributed by atoms with Gasteiger partial charge in [0.1, 0.15) is 14.1 Å². The Hall–Kier alpha value is -0.265. The Morgan fingerprint density at radius 1 is 1.86 bits per heavy atom. The van der Waals surface area contributed by atoms with Crippen LogP contribution < -0.4 is 0 Å². The Labute approximate surface area is 45.5 Å². The van der Waals surface area contributed by atoms with Crippen molar-refractivity contribution in [3.63, 3.8) is 0 Å². The standard InChI is InChI=1S/C5H11BO/c1-5(4-6)2-3-7/h3,5H,2,4,6H2,1H3. The van der Waals surface area contributed by atoms with E-state index < -0.39 is 0 Å². The molecule has 0 spiro atoms. The maximum Gasteiger partial charge on any atom is 0.120 e. The molecule has 2 heteroatoms. The Kier molecular flexibility index (Phi) is 3.76. The van der Waals surface area contributed by atoms with Crippen molar-refractivity contribution in [3.8, 4) is 0 Å². The van der Waals surface area contributed by atoms with Gasteiger partial charge in [0.05, 0.1) is 0 Å². The molecule has 1 atom stereocenters. The molecule has 0 radical (unpaired) electrons. The van der Waals surface area contributed by atoms with Crippen molar-refractivity contribution in [3.05, 3.63) is 0 Å². The zero-order valence-electron chi connectivity index (χ0n) is 4.98. The number of hydrogen-bond donors (Lipinski definition) is 0. The van der Waals surface area contributed by atoms with Crippen LogP contribution in [0.15, 0.2) is 0 Å². The first-order chi connectivity index (χ1) is 3.31. The van der Waals surface area contributed by atoms with Crippen molar-refractivity contribution in [1.29, 1.82) is 0 Å². The van der Waals surface area contributed by atoms with Gasteiger partial charge in [0.15, 0.2) is 0 Å². The van der Waals surface area contributed by atoms with E-state index in [9.17, 15) is 4.79 Å². The second-order valence-corrected chi connectivity index (χ2v) is 1.92. The molecule has 40 valence electrons. The Morgan fingerprint density at radius 2 is 2.43 bits per heavy atom. The number of rotatable bonds is 3. The maximum atomic E-state index is 9.77. The molecule has 0 rings (SSSR count). The van der Waals surface area contributed by atoms with E-state index in [1.165, 1.54) is 0 Å². The van der Waals surface area contributed by atoms with Gasteiger partial charge in [-0.3, -0.25) is 0 Å². The summed E-state index contributed by atoms with van der Waals surface area (Å²) in [6, 6.07) is 0. The minimum atomic E-state index is 0.581. The first-order valence-corrected chi connectivity index (χ1v) is 2.74. The molecule has 0 aliphatic heterocycles. The van der Waals surface area contributed by atoms with E-state index in [-0.39, 0.29) is 0 Å². The highest BCUT2D eigenvalue weighted by molar-refractivity contribution is 6.08. The summed E-state index contributed by atoms with van der Waals surface area (Å²) in [4.78, 5) is 9.77. The predicted octanol–water partition coefficient (Wildman–Crippen LogP) is 0.263. The van der Waals surface area contributed by atoms with Gasteiger partial charge in [-0.05, 0) is 5.92 Å². The van der Waals surface area contributed by atoms with Crippen LogP contribution in [0.1, 0.15) is 13.3 Å². The van der Waals surface area contributed by atoms with Gasteiger partial charge in [0.2, 0.25) is 0 Å². The third kappa shape index (κ3) is 3.57. The fourth-order valence-corrected chi connectivity index (χ4v) is 0.331. The van der Waals surface area contributed by atoms with Gasteiger partial charge in [-0.1, -0.05) is 13.2 Å². The molecule has 0 N–H and O–H groups in total. The van der Waals surface area contributed by atoms with E-state index >= 15 is 0 Å². The van der Waals surface area contributed by atoms with Gasteiger partial charge in [-0.2, -0.15) is 0 Å². The second kappa shape index (κ2) is 3.91. The summed E-state index contributed by atoms with van der Waals surface area (Å²) in [5, 5.41) is 0. The van der Waals surface area contributed by atoms with Crippen molar-refractivity contribution in [1.82, 2.24) is 0 Å². The van der Waals surface area contributed by atoms with Crippen molar-refractivity contribution in [2.45, 2.75) is 19.7 Å². The normalized spacial score (nSPS) is 13.3. The van der Waals surface area contributed by atoms with Gasteiger partial charge in [0, 0.05) is 6.42 Å². The second-order valence-electron chi connectivity index (χ2n) is 1.92. The minimum absolute atomic E-state index is 0.581. The van der Waals surface area contributed by atoms with E-state index in [0.717, 1.165) is 19.0 Å². The SMILES string of the molecule is BCC(C)CC=O. The third-order valence-electron chi connectivity index (χ3n) is 1.20. The molecule has 0 saturated heterocycles. The topological polar surface area (TPSA) is 17.1 Å². The number of hydrogen-bond acceptors (Lipinski definition) is 1. The largest absolute Gasteiger partial charge is 0.303 e. The van der Waals surface area contributed by atoms with Gasteiger partial charge in [-0.25, -0.2) is 0 Å². The van der Waals surface area contributed by atoms with Crippen molar-refractivity contribution in [2.24, 2.45) is 5.92 Å². The molecule has 0 saturated carbocycles. The molecule has 7 heavy (non-hydrogen) atoms. The highest BCUT2D eigenvalue weighted by Gasteiger charge is 1.93. The minimum Gasteiger partial charge on any atom is -0.303 e. The summed E-state index contributed by atoms with van der Waals surface area (Å²) in [7, 11) is 2.09. The van der Waals surface area contributed by atoms with Crippen LogP contribution in [0.5, 0.6) is 0 Å². The van der Waals surface area contributed by atoms with Crippen LogP contribution >= 0.6 is 0 Å². The van der Waals surface area contributed by atoms with Crippen molar-refractivity contribution in [2.75, 3.05) is 0 Å². The van der Waals surface area contributed by atoms with Crippen LogP contribution in [0.2, 0.25) is 6.32 Å². The first kappa shape index (κ1) is 6.73. The molecule has 0 aromatic heterocycles. The fourth-order valence-electron chi connectivity index (χ4n) is 0.331. The Balaban J connectivity index is 2.98. The van der Waals surface area contributed by atoms with Gasteiger partial charge in [0.25, 0.3) is 0 Å². The molecule has 0 aromatic rings. The van der Waals surface area contributed by atoms with E-state index in [2.05, 4.69) is 14.8 Å². The highest BCUT2D eigenvalue weighted by atomic mass is 16.1. The van der Waals surface area contributed by atoms with Crippen LogP contribution in [0.3, 0.4) is 0 Å². The van der Waals surface area contributed by atoms with Gasteiger partial charge in [-0.15, -0.1) is 0 Å². The summed E-state index contributed by atoms with van der Waals surface area (Å²) in [6.45, 7) is 2.08. The molecular weight excluding hydrogens is 86.9 g/mol. The third-order valence-corrected chi connectivity index (χ3v) is 1.20. The summed E-state index contributed by atoms with van der Waals surface area (Å²) in [5.41, 5.74) is 0. The molecule has 0 bridgehead atoms. The molecule has 1 unspecified atom stereocenters. The predicted molar refractivity (Wildman–Crippen MR) is 33.2 cm³/mol. The van der Waals surface area contributed by atoms with Crippen LogP contribution in [0.25, 0.3) is 0 Å². The molecule has 0 heterocycles. The zero-order chi connectivity index (χ0) is 5.70. The zero-order valence-corrected chi connectivity index (χ0v) is 4.98. The molecule has 0 fully saturated rings. The van der Waals surface area contributed by atoms with Crippen molar-refractivity contribution >= 4 is 14.1 Å². The lowest BCUT2D eigenvalue weighted by atomic mass is 9.91. The van der Waals surface area contributed by atoms with E-state index in [4.69, 9.17) is 0 Å². The Bertz CT molecular complexity index is 54.0. The lowest BCUT2D eigenvalue weighted by molar-refractivity contribution is -0.108. The summed E-state index contributed by atoms with van der Waals surface area (Å²) in [6.07, 6.45) is 2.81. The van der Waals surface area contributed by atoms with Crippen LogP contribution in [0.4, 0.5) is 0 Å². The first-order valence-electron chi connectivity index (χ1n) is 2.74. The molecule has 1 nitrogen and oxygen atoms in total. The quantitative estimate of drug-likeness (QED) is 0.365. The lowest BCUT2D eigenvalue weighted by Gasteiger charge is -1.97. The number of carbonyl (C=O) groups excluding carboxylic acids is 1. The van der Waals surface area contributed by atoms with E-state index in [1.54, 1.807) is 0 Å². The van der Waals surface area contributed by atoms with E-state index in [0.29, 0.717) is 5.92 Å². The fraction of sp³-hybridized carbons (Fsp3) is 0.800. The molecular formula is C5H11BO. The van der Waals surface area contributed by atoms with E-state index in [1.807, 2.05) is 0 Å². The van der Waals surface area contributed by atoms with Crippen molar-refractivity contribution < 1.29 is 4.79 Å². The smallest absolute Gasteiger partial charge is 0.120 e. The summed E-state index contributed by atoms with van der Waals surface area (Å²) in [5.74, 6) is 0.581. The lowest BCUT2D eigenvalue weighted by Crippen LogP contribution is -1.92. The highest BCUT2D eigenvalue weighted by Crippen LogP contribution is 2.00. The summed E-state index contributed by atoms with van der Waals surface area (Å²) < 4.78 is 0. The van der Waals surface area contributed by atoms with Gasteiger partial charge < -0.3 is 4.79 Å². The van der Waals surface area contributed by atoms with Crippen LogP contribution in [-0.4, -0.2) is 14.1 Å². The number of carbonyl (C=O) groups is 1.